The molecule has 0 bridgehead atoms. The van der Waals surface area contributed by atoms with Gasteiger partial charge in [0.25, 0.3) is 0 Å². The predicted octanol–water partition coefficient (Wildman–Crippen LogP) is 4.39. The van der Waals surface area contributed by atoms with E-state index >= 15 is 0 Å². The van der Waals surface area contributed by atoms with E-state index in [0.717, 1.165) is 62.1 Å². The topological polar surface area (TPSA) is 83.9 Å². The number of likely N-dealkylation sites (tertiary alicyclic amines) is 1. The van der Waals surface area contributed by atoms with Gasteiger partial charge in [-0.05, 0) is 74.1 Å². The molecule has 0 amide bonds. The summed E-state index contributed by atoms with van der Waals surface area (Å²) < 4.78 is 26.2. The average molecular weight is 498 g/mol. The van der Waals surface area contributed by atoms with Crippen molar-refractivity contribution in [1.29, 1.82) is 0 Å². The van der Waals surface area contributed by atoms with Gasteiger partial charge in [0.15, 0.2) is 0 Å². The number of aryl methyl sites for hydroxylation is 2. The number of nitrogens with one attached hydrogen (secondary N) is 1. The SMILES string of the molecule is CC1COc2cc(F)cc(C(C(=O)O)N3CC[C@@H](OCCCCc4ccc5c(n4)NCCC5)C3)c2C1. The number of fused-ring (bicyclic) bond motifs is 2. The maximum absolute atomic E-state index is 14.4. The monoisotopic (exact) mass is 497 g/mol. The summed E-state index contributed by atoms with van der Waals surface area (Å²) in [5.41, 5.74) is 3.74. The third kappa shape index (κ3) is 5.65. The molecule has 1 aromatic carbocycles. The number of carboxylic acids is 1. The lowest BCUT2D eigenvalue weighted by atomic mass is 9.90. The Morgan fingerprint density at radius 2 is 2.25 bits per heavy atom. The number of unbranched alkanes of at least 4 members (excludes halogenated alkanes) is 1. The summed E-state index contributed by atoms with van der Waals surface area (Å²) in [7, 11) is 0. The van der Waals surface area contributed by atoms with Gasteiger partial charge >= 0.3 is 5.97 Å². The van der Waals surface area contributed by atoms with E-state index in [4.69, 9.17) is 14.5 Å². The Hall–Kier alpha value is -2.71. The van der Waals surface area contributed by atoms with Crippen LogP contribution in [0.1, 0.15) is 61.0 Å². The Bertz CT molecular complexity index is 1090. The van der Waals surface area contributed by atoms with Gasteiger partial charge in [-0.3, -0.25) is 9.69 Å². The highest BCUT2D eigenvalue weighted by Crippen LogP contribution is 2.37. The Morgan fingerprint density at radius 3 is 3.11 bits per heavy atom. The van der Waals surface area contributed by atoms with Crippen LogP contribution in [-0.4, -0.2) is 59.9 Å². The van der Waals surface area contributed by atoms with Gasteiger partial charge in [0, 0.05) is 43.6 Å². The standard InChI is InChI=1S/C28H36FN3O4/c1-18-13-23-24(14-20(29)15-25(23)36-17-18)26(28(33)34)32-11-9-22(16-32)35-12-3-2-6-21-8-7-19-5-4-10-30-27(19)31-21/h7-8,14-15,18,22,26H,2-6,9-13,16-17H2,1H3,(H,30,31)(H,33,34)/t18?,22-,26?/m1/s1. The van der Waals surface area contributed by atoms with Crippen LogP contribution in [0.25, 0.3) is 0 Å². The Balaban J connectivity index is 1.13. The zero-order valence-electron chi connectivity index (χ0n) is 21.0. The van der Waals surface area contributed by atoms with Crippen LogP contribution in [0.5, 0.6) is 5.75 Å². The van der Waals surface area contributed by atoms with Crippen LogP contribution in [0.3, 0.4) is 0 Å². The van der Waals surface area contributed by atoms with Crippen molar-refractivity contribution in [3.8, 4) is 5.75 Å². The van der Waals surface area contributed by atoms with Gasteiger partial charge < -0.3 is 19.9 Å². The van der Waals surface area contributed by atoms with E-state index in [-0.39, 0.29) is 12.0 Å². The molecule has 7 nitrogen and oxygen atoms in total. The molecule has 0 spiro atoms. The minimum Gasteiger partial charge on any atom is -0.493 e. The zero-order chi connectivity index (χ0) is 25.1. The lowest BCUT2D eigenvalue weighted by Gasteiger charge is -2.30. The number of benzene rings is 1. The number of aromatic nitrogens is 1. The zero-order valence-corrected chi connectivity index (χ0v) is 21.0. The van der Waals surface area contributed by atoms with Crippen molar-refractivity contribution < 1.29 is 23.8 Å². The van der Waals surface area contributed by atoms with Gasteiger partial charge in [-0.25, -0.2) is 9.37 Å². The first-order valence-corrected chi connectivity index (χ1v) is 13.2. The van der Waals surface area contributed by atoms with E-state index in [1.165, 1.54) is 17.7 Å². The highest BCUT2D eigenvalue weighted by atomic mass is 19.1. The summed E-state index contributed by atoms with van der Waals surface area (Å²) in [5, 5.41) is 13.5. The summed E-state index contributed by atoms with van der Waals surface area (Å²) in [4.78, 5) is 19.0. The number of hydrogen-bond acceptors (Lipinski definition) is 6. The van der Waals surface area contributed by atoms with Crippen molar-refractivity contribution in [2.45, 2.75) is 64.0 Å². The number of carbonyl (C=O) groups is 1. The van der Waals surface area contributed by atoms with Crippen molar-refractivity contribution >= 4 is 11.8 Å². The summed E-state index contributed by atoms with van der Waals surface area (Å²) in [6.07, 6.45) is 6.54. The first-order chi connectivity index (χ1) is 17.5. The van der Waals surface area contributed by atoms with E-state index in [1.54, 1.807) is 0 Å². The Morgan fingerprint density at radius 1 is 1.36 bits per heavy atom. The first kappa shape index (κ1) is 25.0. The average Bonchev–Trinajstić information content (AvgIpc) is 3.32. The molecule has 194 valence electrons. The van der Waals surface area contributed by atoms with E-state index < -0.39 is 17.8 Å². The van der Waals surface area contributed by atoms with Gasteiger partial charge in [0.1, 0.15) is 23.4 Å². The van der Waals surface area contributed by atoms with Crippen molar-refractivity contribution in [1.82, 2.24) is 9.88 Å². The van der Waals surface area contributed by atoms with Gasteiger partial charge in [-0.1, -0.05) is 13.0 Å². The molecule has 1 aromatic heterocycles. The number of ether oxygens (including phenoxy) is 2. The van der Waals surface area contributed by atoms with Crippen LogP contribution in [0.15, 0.2) is 24.3 Å². The van der Waals surface area contributed by atoms with Gasteiger partial charge in [-0.2, -0.15) is 0 Å². The first-order valence-electron chi connectivity index (χ1n) is 13.2. The van der Waals surface area contributed by atoms with Crippen molar-refractivity contribution in [3.05, 3.63) is 52.5 Å². The van der Waals surface area contributed by atoms with Gasteiger partial charge in [0.05, 0.1) is 12.7 Å². The van der Waals surface area contributed by atoms with E-state index in [1.807, 2.05) is 4.90 Å². The number of anilines is 1. The number of hydrogen-bond donors (Lipinski definition) is 2. The number of carboxylic acid groups (broad SMARTS) is 1. The molecule has 1 saturated heterocycles. The second-order valence-corrected chi connectivity index (χ2v) is 10.4. The molecule has 2 N–H and O–H groups in total. The molecule has 3 atom stereocenters. The second-order valence-electron chi connectivity index (χ2n) is 10.4. The molecule has 3 aliphatic heterocycles. The molecule has 8 heteroatoms. The lowest BCUT2D eigenvalue weighted by Crippen LogP contribution is -2.35. The summed E-state index contributed by atoms with van der Waals surface area (Å²) >= 11 is 0. The normalized spacial score (nSPS) is 22.3. The molecule has 0 radical (unpaired) electrons. The highest BCUT2D eigenvalue weighted by Gasteiger charge is 2.37. The molecule has 3 aliphatic rings. The maximum atomic E-state index is 14.4. The number of halogens is 1. The number of pyridine rings is 1. The van der Waals surface area contributed by atoms with Crippen molar-refractivity contribution in [3.63, 3.8) is 0 Å². The summed E-state index contributed by atoms with van der Waals surface area (Å²) in [5.74, 6) is 0.355. The van der Waals surface area contributed by atoms with Crippen LogP contribution in [-0.2, 0) is 28.8 Å². The largest absolute Gasteiger partial charge is 0.493 e. The second kappa shape index (κ2) is 11.1. The summed E-state index contributed by atoms with van der Waals surface area (Å²) in [6, 6.07) is 6.16. The van der Waals surface area contributed by atoms with E-state index in [2.05, 4.69) is 24.4 Å². The van der Waals surface area contributed by atoms with Crippen LogP contribution >= 0.6 is 0 Å². The molecule has 2 unspecified atom stereocenters. The lowest BCUT2D eigenvalue weighted by molar-refractivity contribution is -0.143. The minimum absolute atomic E-state index is 0.0162. The third-order valence-corrected chi connectivity index (χ3v) is 7.49. The fraction of sp³-hybridized carbons (Fsp3) is 0.571. The minimum atomic E-state index is -0.964. The van der Waals surface area contributed by atoms with Crippen molar-refractivity contribution in [2.24, 2.45) is 5.92 Å². The molecular weight excluding hydrogens is 461 g/mol. The summed E-state index contributed by atoms with van der Waals surface area (Å²) in [6.45, 7) is 5.34. The smallest absolute Gasteiger partial charge is 0.325 e. The fourth-order valence-electron chi connectivity index (χ4n) is 5.64. The molecular formula is C28H36FN3O4. The van der Waals surface area contributed by atoms with Crippen LogP contribution in [0.2, 0.25) is 0 Å². The van der Waals surface area contributed by atoms with Gasteiger partial charge in [0.2, 0.25) is 0 Å². The molecule has 0 aliphatic carbocycles. The molecule has 2 aromatic rings. The molecule has 4 heterocycles. The molecule has 36 heavy (non-hydrogen) atoms. The van der Waals surface area contributed by atoms with Gasteiger partial charge in [-0.15, -0.1) is 0 Å². The van der Waals surface area contributed by atoms with Crippen LogP contribution < -0.4 is 10.1 Å². The van der Waals surface area contributed by atoms with E-state index in [0.29, 0.717) is 44.0 Å². The highest BCUT2D eigenvalue weighted by molar-refractivity contribution is 5.77. The number of aliphatic carboxylic acids is 1. The van der Waals surface area contributed by atoms with Crippen LogP contribution in [0.4, 0.5) is 10.2 Å². The fourth-order valence-corrected chi connectivity index (χ4v) is 5.64. The Labute approximate surface area is 212 Å². The quantitative estimate of drug-likeness (QED) is 0.497. The Kier molecular flexibility index (Phi) is 7.72. The van der Waals surface area contributed by atoms with Crippen LogP contribution in [0, 0.1) is 11.7 Å². The molecule has 1 fully saturated rings. The molecule has 0 saturated carbocycles. The number of nitrogens with zero attached hydrogens (tertiary/aromatic N) is 2. The predicted molar refractivity (Wildman–Crippen MR) is 135 cm³/mol. The third-order valence-electron chi connectivity index (χ3n) is 7.49. The van der Waals surface area contributed by atoms with Crippen molar-refractivity contribution in [2.75, 3.05) is 38.2 Å². The maximum Gasteiger partial charge on any atom is 0.325 e. The number of rotatable bonds is 9. The molecule has 5 rings (SSSR count). The van der Waals surface area contributed by atoms with E-state index in [9.17, 15) is 14.3 Å².